The van der Waals surface area contributed by atoms with Crippen LogP contribution in [0.3, 0.4) is 0 Å². The summed E-state index contributed by atoms with van der Waals surface area (Å²) in [5.41, 5.74) is 7.13. The number of hydrogen-bond acceptors (Lipinski definition) is 5. The van der Waals surface area contributed by atoms with Crippen molar-refractivity contribution in [1.29, 1.82) is 0 Å². The second kappa shape index (κ2) is 8.00. The first-order chi connectivity index (χ1) is 11.1. The van der Waals surface area contributed by atoms with Gasteiger partial charge in [-0.15, -0.1) is 0 Å². The van der Waals surface area contributed by atoms with Gasteiger partial charge in [-0.1, -0.05) is 24.3 Å². The van der Waals surface area contributed by atoms with Gasteiger partial charge < -0.3 is 19.9 Å². The van der Waals surface area contributed by atoms with Crippen molar-refractivity contribution in [1.82, 2.24) is 0 Å². The molecule has 0 aliphatic heterocycles. The summed E-state index contributed by atoms with van der Waals surface area (Å²) in [7, 11) is 3.23. The van der Waals surface area contributed by atoms with E-state index in [0.29, 0.717) is 5.75 Å². The monoisotopic (exact) mass is 313 g/mol. The lowest BCUT2D eigenvalue weighted by atomic mass is 10.1. The van der Waals surface area contributed by atoms with Gasteiger partial charge in [0.1, 0.15) is 17.2 Å². The Morgan fingerprint density at radius 1 is 0.913 bits per heavy atom. The van der Waals surface area contributed by atoms with E-state index in [1.165, 1.54) is 0 Å². The van der Waals surface area contributed by atoms with Gasteiger partial charge in [-0.05, 0) is 35.4 Å². The summed E-state index contributed by atoms with van der Waals surface area (Å²) in [5.74, 6) is 1.47. The normalized spacial score (nSPS) is 10.6. The second-order valence-electron chi connectivity index (χ2n) is 4.73. The zero-order chi connectivity index (χ0) is 16.7. The Labute approximate surface area is 135 Å². The number of hydrogen-bond donors (Lipinski definition) is 1. The largest absolute Gasteiger partial charge is 0.497 e. The predicted octanol–water partition coefficient (Wildman–Crippen LogP) is 2.74. The number of benzene rings is 2. The fourth-order valence-electron chi connectivity index (χ4n) is 1.94. The molecule has 2 N–H and O–H groups in total. The summed E-state index contributed by atoms with van der Waals surface area (Å²) in [5, 5.41) is 0. The molecule has 0 radical (unpaired) electrons. The van der Waals surface area contributed by atoms with Crippen molar-refractivity contribution in [2.45, 2.75) is 0 Å². The predicted molar refractivity (Wildman–Crippen MR) is 89.6 cm³/mol. The van der Waals surface area contributed by atoms with Gasteiger partial charge in [-0.25, -0.2) is 0 Å². The van der Waals surface area contributed by atoms with Crippen LogP contribution in [-0.4, -0.2) is 26.7 Å². The number of carbonyl (C=O) groups is 1. The van der Waals surface area contributed by atoms with Gasteiger partial charge in [0.05, 0.1) is 20.8 Å². The van der Waals surface area contributed by atoms with Crippen LogP contribution in [0.25, 0.3) is 12.2 Å². The number of nitrogens with two attached hydrogens (primary N) is 1. The Bertz CT molecular complexity index is 670. The molecule has 0 saturated heterocycles. The Morgan fingerprint density at radius 3 is 2.00 bits per heavy atom. The summed E-state index contributed by atoms with van der Waals surface area (Å²) in [4.78, 5) is 11.1. The van der Waals surface area contributed by atoms with E-state index in [9.17, 15) is 4.79 Å². The van der Waals surface area contributed by atoms with E-state index in [1.807, 2.05) is 42.5 Å². The van der Waals surface area contributed by atoms with E-state index in [4.69, 9.17) is 19.9 Å². The van der Waals surface area contributed by atoms with E-state index >= 15 is 0 Å². The average Bonchev–Trinajstić information content (AvgIpc) is 2.60. The van der Waals surface area contributed by atoms with E-state index in [2.05, 4.69) is 0 Å². The molecule has 0 fully saturated rings. The molecule has 0 amide bonds. The molecular formula is C18H19NO4. The van der Waals surface area contributed by atoms with Crippen LogP contribution in [0.1, 0.15) is 11.1 Å². The van der Waals surface area contributed by atoms with E-state index in [-0.39, 0.29) is 6.54 Å². The summed E-state index contributed by atoms with van der Waals surface area (Å²) >= 11 is 0. The van der Waals surface area contributed by atoms with Gasteiger partial charge in [0.25, 0.3) is 0 Å². The van der Waals surface area contributed by atoms with Crippen LogP contribution < -0.4 is 19.9 Å². The van der Waals surface area contributed by atoms with Crippen LogP contribution in [0.15, 0.2) is 42.5 Å². The second-order valence-corrected chi connectivity index (χ2v) is 4.73. The van der Waals surface area contributed by atoms with Crippen LogP contribution in [0.2, 0.25) is 0 Å². The fourth-order valence-corrected chi connectivity index (χ4v) is 1.94. The van der Waals surface area contributed by atoms with Crippen LogP contribution >= 0.6 is 0 Å². The van der Waals surface area contributed by atoms with Gasteiger partial charge >= 0.3 is 5.97 Å². The zero-order valence-corrected chi connectivity index (χ0v) is 13.1. The number of methoxy groups -OCH3 is 2. The molecule has 5 nitrogen and oxygen atoms in total. The fraction of sp³-hybridized carbons (Fsp3) is 0.167. The third-order valence-electron chi connectivity index (χ3n) is 3.12. The maximum Gasteiger partial charge on any atom is 0.325 e. The van der Waals surface area contributed by atoms with Gasteiger partial charge in [0, 0.05) is 6.07 Å². The SMILES string of the molecule is COc1cc(/C=C/c2ccc(OC(=O)CN)cc2)cc(OC)c1. The topological polar surface area (TPSA) is 70.8 Å². The number of ether oxygens (including phenoxy) is 3. The Hall–Kier alpha value is -2.79. The number of rotatable bonds is 6. The molecule has 0 aromatic heterocycles. The number of esters is 1. The molecule has 120 valence electrons. The van der Waals surface area contributed by atoms with E-state index in [0.717, 1.165) is 22.6 Å². The van der Waals surface area contributed by atoms with E-state index < -0.39 is 5.97 Å². The molecule has 2 aromatic rings. The smallest absolute Gasteiger partial charge is 0.325 e. The highest BCUT2D eigenvalue weighted by molar-refractivity contribution is 5.75. The van der Waals surface area contributed by atoms with Crippen LogP contribution in [-0.2, 0) is 4.79 Å². The minimum absolute atomic E-state index is 0.140. The molecule has 0 saturated carbocycles. The van der Waals surface area contributed by atoms with Crippen molar-refractivity contribution in [3.05, 3.63) is 53.6 Å². The highest BCUT2D eigenvalue weighted by Gasteiger charge is 2.01. The lowest BCUT2D eigenvalue weighted by Gasteiger charge is -2.06. The van der Waals surface area contributed by atoms with E-state index in [1.54, 1.807) is 26.4 Å². The van der Waals surface area contributed by atoms with Crippen LogP contribution in [0, 0.1) is 0 Å². The first-order valence-corrected chi connectivity index (χ1v) is 7.06. The first kappa shape index (κ1) is 16.6. The first-order valence-electron chi connectivity index (χ1n) is 7.06. The lowest BCUT2D eigenvalue weighted by molar-refractivity contribution is -0.132. The van der Waals surface area contributed by atoms with Crippen molar-refractivity contribution in [2.75, 3.05) is 20.8 Å². The summed E-state index contributed by atoms with van der Waals surface area (Å²) in [6.45, 7) is -0.140. The average molecular weight is 313 g/mol. The summed E-state index contributed by atoms with van der Waals surface area (Å²) in [6, 6.07) is 12.8. The molecule has 0 aliphatic rings. The molecule has 0 unspecified atom stereocenters. The van der Waals surface area contributed by atoms with Crippen LogP contribution in [0.4, 0.5) is 0 Å². The van der Waals surface area contributed by atoms with Crippen molar-refractivity contribution >= 4 is 18.1 Å². The molecule has 23 heavy (non-hydrogen) atoms. The molecular weight excluding hydrogens is 294 g/mol. The highest BCUT2D eigenvalue weighted by atomic mass is 16.5. The maximum absolute atomic E-state index is 11.1. The van der Waals surface area contributed by atoms with Crippen molar-refractivity contribution in [3.8, 4) is 17.2 Å². The molecule has 2 aromatic carbocycles. The Morgan fingerprint density at radius 2 is 1.48 bits per heavy atom. The third kappa shape index (κ3) is 4.86. The maximum atomic E-state index is 11.1. The Kier molecular flexibility index (Phi) is 5.77. The molecule has 2 rings (SSSR count). The Balaban J connectivity index is 2.12. The molecule has 0 bridgehead atoms. The minimum atomic E-state index is -0.461. The molecule has 5 heteroatoms. The van der Waals surface area contributed by atoms with Crippen molar-refractivity contribution in [3.63, 3.8) is 0 Å². The van der Waals surface area contributed by atoms with Gasteiger partial charge in [-0.2, -0.15) is 0 Å². The van der Waals surface area contributed by atoms with Gasteiger partial charge in [0.2, 0.25) is 0 Å². The van der Waals surface area contributed by atoms with Crippen molar-refractivity contribution in [2.24, 2.45) is 5.73 Å². The standard InChI is InChI=1S/C18H19NO4/c1-21-16-9-14(10-17(11-16)22-2)4-3-13-5-7-15(8-6-13)23-18(20)12-19/h3-11H,12,19H2,1-2H3/b4-3+. The van der Waals surface area contributed by atoms with Gasteiger partial charge in [0.15, 0.2) is 0 Å². The lowest BCUT2D eigenvalue weighted by Crippen LogP contribution is -2.19. The van der Waals surface area contributed by atoms with Crippen molar-refractivity contribution < 1.29 is 19.0 Å². The zero-order valence-electron chi connectivity index (χ0n) is 13.1. The minimum Gasteiger partial charge on any atom is -0.497 e. The molecule has 0 aliphatic carbocycles. The highest BCUT2D eigenvalue weighted by Crippen LogP contribution is 2.24. The summed E-state index contributed by atoms with van der Waals surface area (Å²) < 4.78 is 15.5. The third-order valence-corrected chi connectivity index (χ3v) is 3.12. The summed E-state index contributed by atoms with van der Waals surface area (Å²) in [6.07, 6.45) is 3.90. The quantitative estimate of drug-likeness (QED) is 0.504. The molecule has 0 atom stereocenters. The molecule has 0 spiro atoms. The number of carbonyl (C=O) groups excluding carboxylic acids is 1. The molecule has 0 heterocycles. The van der Waals surface area contributed by atoms with Gasteiger partial charge in [-0.3, -0.25) is 4.79 Å². The van der Waals surface area contributed by atoms with Crippen LogP contribution in [0.5, 0.6) is 17.2 Å².